The molecule has 0 bridgehead atoms. The van der Waals surface area contributed by atoms with Crippen LogP contribution in [0.4, 0.5) is 4.39 Å². The average Bonchev–Trinajstić information content (AvgIpc) is 2.30. The van der Waals surface area contributed by atoms with Crippen LogP contribution in [0.25, 0.3) is 0 Å². The zero-order valence-corrected chi connectivity index (χ0v) is 10.4. The van der Waals surface area contributed by atoms with Gasteiger partial charge in [-0.2, -0.15) is 11.8 Å². The van der Waals surface area contributed by atoms with Gasteiger partial charge < -0.3 is 5.32 Å². The van der Waals surface area contributed by atoms with Gasteiger partial charge in [0.05, 0.1) is 0 Å². The van der Waals surface area contributed by atoms with Crippen LogP contribution in [0, 0.1) is 5.82 Å². The van der Waals surface area contributed by atoms with E-state index in [-0.39, 0.29) is 5.82 Å². The van der Waals surface area contributed by atoms with Crippen molar-refractivity contribution in [2.45, 2.75) is 37.6 Å². The lowest BCUT2D eigenvalue weighted by Gasteiger charge is -2.29. The van der Waals surface area contributed by atoms with Crippen LogP contribution < -0.4 is 5.32 Å². The van der Waals surface area contributed by atoms with Crippen LogP contribution in [0.2, 0.25) is 0 Å². The minimum Gasteiger partial charge on any atom is -0.309 e. The molecule has 1 fully saturated rings. The minimum atomic E-state index is -0.105. The van der Waals surface area contributed by atoms with Crippen molar-refractivity contribution in [3.63, 3.8) is 0 Å². The second kappa shape index (κ2) is 5.69. The maximum absolute atomic E-state index is 13.4. The third-order valence-electron chi connectivity index (χ3n) is 3.12. The molecule has 2 unspecified atom stereocenters. The van der Waals surface area contributed by atoms with E-state index >= 15 is 0 Å². The SMILES string of the molecule is CC1SCCCC1NCc1ccccc1F. The first-order valence-electron chi connectivity index (χ1n) is 5.86. The minimum absolute atomic E-state index is 0.105. The summed E-state index contributed by atoms with van der Waals surface area (Å²) in [5.41, 5.74) is 0.769. The number of benzene rings is 1. The van der Waals surface area contributed by atoms with Crippen LogP contribution in [0.5, 0.6) is 0 Å². The van der Waals surface area contributed by atoms with Crippen LogP contribution in [-0.2, 0) is 6.54 Å². The van der Waals surface area contributed by atoms with Gasteiger partial charge in [0.1, 0.15) is 5.82 Å². The van der Waals surface area contributed by atoms with Crippen molar-refractivity contribution in [2.75, 3.05) is 5.75 Å². The van der Waals surface area contributed by atoms with E-state index < -0.39 is 0 Å². The van der Waals surface area contributed by atoms with E-state index in [1.807, 2.05) is 23.9 Å². The lowest BCUT2D eigenvalue weighted by Crippen LogP contribution is -2.38. The Labute approximate surface area is 101 Å². The molecule has 1 aliphatic heterocycles. The molecular formula is C13H18FNS. The van der Waals surface area contributed by atoms with Crippen LogP contribution in [0.3, 0.4) is 0 Å². The van der Waals surface area contributed by atoms with Crippen molar-refractivity contribution in [1.29, 1.82) is 0 Å². The average molecular weight is 239 g/mol. The Morgan fingerprint density at radius 3 is 3.00 bits per heavy atom. The fourth-order valence-corrected chi connectivity index (χ4v) is 3.24. The second-order valence-corrected chi connectivity index (χ2v) is 5.78. The molecule has 1 heterocycles. The number of thioether (sulfide) groups is 1. The van der Waals surface area contributed by atoms with Crippen molar-refractivity contribution in [1.82, 2.24) is 5.32 Å². The molecule has 0 aliphatic carbocycles. The predicted molar refractivity (Wildman–Crippen MR) is 68.2 cm³/mol. The summed E-state index contributed by atoms with van der Waals surface area (Å²) in [6.07, 6.45) is 2.48. The first-order valence-corrected chi connectivity index (χ1v) is 6.90. The van der Waals surface area contributed by atoms with Gasteiger partial charge in [-0.05, 0) is 24.7 Å². The van der Waals surface area contributed by atoms with Gasteiger partial charge in [-0.15, -0.1) is 0 Å². The molecule has 1 aromatic rings. The molecule has 3 heteroatoms. The van der Waals surface area contributed by atoms with Gasteiger partial charge in [0.25, 0.3) is 0 Å². The van der Waals surface area contributed by atoms with Gasteiger partial charge in [-0.3, -0.25) is 0 Å². The summed E-state index contributed by atoms with van der Waals surface area (Å²) in [6.45, 7) is 2.89. The Morgan fingerprint density at radius 2 is 2.25 bits per heavy atom. The Balaban J connectivity index is 1.89. The smallest absolute Gasteiger partial charge is 0.127 e. The summed E-state index contributed by atoms with van der Waals surface area (Å²) in [6, 6.07) is 7.52. The highest BCUT2D eigenvalue weighted by molar-refractivity contribution is 7.99. The summed E-state index contributed by atoms with van der Waals surface area (Å²) in [5.74, 6) is 1.16. The van der Waals surface area contributed by atoms with Gasteiger partial charge in [-0.25, -0.2) is 4.39 Å². The number of nitrogens with one attached hydrogen (secondary N) is 1. The molecule has 0 spiro atoms. The topological polar surface area (TPSA) is 12.0 Å². The van der Waals surface area contributed by atoms with Crippen LogP contribution >= 0.6 is 11.8 Å². The predicted octanol–water partition coefficient (Wildman–Crippen LogP) is 3.20. The normalized spacial score (nSPS) is 25.6. The zero-order chi connectivity index (χ0) is 11.4. The highest BCUT2D eigenvalue weighted by Crippen LogP contribution is 2.25. The molecule has 1 saturated heterocycles. The van der Waals surface area contributed by atoms with E-state index in [2.05, 4.69) is 12.2 Å². The molecule has 0 radical (unpaired) electrons. The van der Waals surface area contributed by atoms with Crippen molar-refractivity contribution in [2.24, 2.45) is 0 Å². The van der Waals surface area contributed by atoms with E-state index in [0.29, 0.717) is 17.8 Å². The van der Waals surface area contributed by atoms with Gasteiger partial charge in [0.2, 0.25) is 0 Å². The monoisotopic (exact) mass is 239 g/mol. The summed E-state index contributed by atoms with van der Waals surface area (Å²) in [7, 11) is 0. The second-order valence-electron chi connectivity index (χ2n) is 4.30. The Kier molecular flexibility index (Phi) is 4.24. The first-order chi connectivity index (χ1) is 7.77. The van der Waals surface area contributed by atoms with Crippen LogP contribution in [0.1, 0.15) is 25.3 Å². The van der Waals surface area contributed by atoms with E-state index in [9.17, 15) is 4.39 Å². The molecule has 0 saturated carbocycles. The molecule has 1 aliphatic rings. The third-order valence-corrected chi connectivity index (χ3v) is 4.50. The Hall–Kier alpha value is -0.540. The van der Waals surface area contributed by atoms with Crippen molar-refractivity contribution >= 4 is 11.8 Å². The molecule has 0 aromatic heterocycles. The summed E-state index contributed by atoms with van der Waals surface area (Å²) < 4.78 is 13.4. The largest absolute Gasteiger partial charge is 0.309 e. The quantitative estimate of drug-likeness (QED) is 0.869. The molecular weight excluding hydrogens is 221 g/mol. The van der Waals surface area contributed by atoms with Gasteiger partial charge in [-0.1, -0.05) is 25.1 Å². The molecule has 1 N–H and O–H groups in total. The summed E-state index contributed by atoms with van der Waals surface area (Å²) in [5, 5.41) is 4.11. The molecule has 1 aromatic carbocycles. The maximum atomic E-state index is 13.4. The lowest BCUT2D eigenvalue weighted by molar-refractivity contribution is 0.455. The number of hydrogen-bond acceptors (Lipinski definition) is 2. The molecule has 1 nitrogen and oxygen atoms in total. The summed E-state index contributed by atoms with van der Waals surface area (Å²) in [4.78, 5) is 0. The van der Waals surface area contributed by atoms with Crippen molar-refractivity contribution in [3.05, 3.63) is 35.6 Å². The molecule has 2 atom stereocenters. The number of halogens is 1. The van der Waals surface area contributed by atoms with Crippen molar-refractivity contribution < 1.29 is 4.39 Å². The molecule has 16 heavy (non-hydrogen) atoms. The molecule has 88 valence electrons. The van der Waals surface area contributed by atoms with E-state index in [1.165, 1.54) is 24.7 Å². The maximum Gasteiger partial charge on any atom is 0.127 e. The molecule has 0 amide bonds. The van der Waals surface area contributed by atoms with E-state index in [0.717, 1.165) is 5.56 Å². The standard InChI is InChI=1S/C13H18FNS/c1-10-13(7-4-8-16-10)15-9-11-5-2-3-6-12(11)14/h2-3,5-6,10,13,15H,4,7-9H2,1H3. The van der Waals surface area contributed by atoms with Crippen molar-refractivity contribution in [3.8, 4) is 0 Å². The highest BCUT2D eigenvalue weighted by atomic mass is 32.2. The Bertz CT molecular complexity index is 342. The number of hydrogen-bond donors (Lipinski definition) is 1. The Morgan fingerprint density at radius 1 is 1.44 bits per heavy atom. The van der Waals surface area contributed by atoms with E-state index in [4.69, 9.17) is 0 Å². The van der Waals surface area contributed by atoms with Gasteiger partial charge in [0.15, 0.2) is 0 Å². The van der Waals surface area contributed by atoms with Gasteiger partial charge in [0, 0.05) is 23.4 Å². The summed E-state index contributed by atoms with van der Waals surface area (Å²) >= 11 is 2.01. The van der Waals surface area contributed by atoms with Gasteiger partial charge >= 0.3 is 0 Å². The number of rotatable bonds is 3. The molecule has 2 rings (SSSR count). The van der Waals surface area contributed by atoms with Crippen LogP contribution in [0.15, 0.2) is 24.3 Å². The third kappa shape index (κ3) is 2.98. The fraction of sp³-hybridized carbons (Fsp3) is 0.538. The highest BCUT2D eigenvalue weighted by Gasteiger charge is 2.21. The van der Waals surface area contributed by atoms with Crippen LogP contribution in [-0.4, -0.2) is 17.0 Å². The fourth-order valence-electron chi connectivity index (χ4n) is 2.07. The first kappa shape index (κ1) is 11.9. The zero-order valence-electron chi connectivity index (χ0n) is 9.58. The lowest BCUT2D eigenvalue weighted by atomic mass is 10.1. The van der Waals surface area contributed by atoms with E-state index in [1.54, 1.807) is 6.07 Å².